The van der Waals surface area contributed by atoms with Gasteiger partial charge in [-0.3, -0.25) is 0 Å². The quantitative estimate of drug-likeness (QED) is 0.645. The third kappa shape index (κ3) is 1.21. The Kier molecular flexibility index (Phi) is 1.81. The fourth-order valence-electron chi connectivity index (χ4n) is 1.53. The van der Waals surface area contributed by atoms with Crippen molar-refractivity contribution in [2.75, 3.05) is 6.61 Å². The molecule has 0 bridgehead atoms. The highest BCUT2D eigenvalue weighted by molar-refractivity contribution is 5.84. The standard InChI is InChI=1S/C10H11NO2/c11-10(6-7-13-9(10)12)8-4-2-1-3-5-8/h1-5H,6-7,11H2. The molecule has 1 aliphatic heterocycles. The summed E-state index contributed by atoms with van der Waals surface area (Å²) in [7, 11) is 0. The molecule has 0 saturated carbocycles. The van der Waals surface area contributed by atoms with E-state index in [1.807, 2.05) is 30.3 Å². The molecular weight excluding hydrogens is 166 g/mol. The summed E-state index contributed by atoms with van der Waals surface area (Å²) in [4.78, 5) is 11.3. The maximum Gasteiger partial charge on any atom is 0.330 e. The van der Waals surface area contributed by atoms with Crippen molar-refractivity contribution < 1.29 is 9.53 Å². The van der Waals surface area contributed by atoms with Gasteiger partial charge in [-0.2, -0.15) is 0 Å². The first-order chi connectivity index (χ1) is 6.23. The smallest absolute Gasteiger partial charge is 0.330 e. The van der Waals surface area contributed by atoms with Crippen LogP contribution in [0.25, 0.3) is 0 Å². The summed E-state index contributed by atoms with van der Waals surface area (Å²) in [6.07, 6.45) is 0.565. The van der Waals surface area contributed by atoms with Gasteiger partial charge in [-0.1, -0.05) is 30.3 Å². The molecule has 1 aromatic carbocycles. The van der Waals surface area contributed by atoms with E-state index in [1.165, 1.54) is 0 Å². The van der Waals surface area contributed by atoms with Crippen LogP contribution in [0.4, 0.5) is 0 Å². The number of cyclic esters (lactones) is 1. The van der Waals surface area contributed by atoms with Gasteiger partial charge < -0.3 is 10.5 Å². The highest BCUT2D eigenvalue weighted by atomic mass is 16.5. The van der Waals surface area contributed by atoms with Crippen molar-refractivity contribution in [2.24, 2.45) is 5.73 Å². The van der Waals surface area contributed by atoms with Gasteiger partial charge in [0.15, 0.2) is 0 Å². The third-order valence-corrected chi connectivity index (χ3v) is 2.38. The van der Waals surface area contributed by atoms with Crippen molar-refractivity contribution in [2.45, 2.75) is 12.0 Å². The number of rotatable bonds is 1. The second kappa shape index (κ2) is 2.85. The molecule has 0 aromatic heterocycles. The molecule has 0 aliphatic carbocycles. The molecule has 1 atom stereocenters. The zero-order valence-corrected chi connectivity index (χ0v) is 7.19. The topological polar surface area (TPSA) is 52.3 Å². The molecule has 68 valence electrons. The number of hydrogen-bond acceptors (Lipinski definition) is 3. The summed E-state index contributed by atoms with van der Waals surface area (Å²) >= 11 is 0. The minimum Gasteiger partial charge on any atom is -0.464 e. The normalized spacial score (nSPS) is 27.3. The van der Waals surface area contributed by atoms with Gasteiger partial charge in [-0.25, -0.2) is 4.79 Å². The van der Waals surface area contributed by atoms with Crippen molar-refractivity contribution in [3.05, 3.63) is 35.9 Å². The minimum absolute atomic E-state index is 0.321. The van der Waals surface area contributed by atoms with E-state index in [0.717, 1.165) is 5.56 Å². The van der Waals surface area contributed by atoms with Gasteiger partial charge in [0.2, 0.25) is 0 Å². The average molecular weight is 177 g/mol. The SMILES string of the molecule is NC1(c2ccccc2)CCOC1=O. The predicted molar refractivity (Wildman–Crippen MR) is 47.9 cm³/mol. The zero-order valence-electron chi connectivity index (χ0n) is 7.19. The summed E-state index contributed by atoms with van der Waals surface area (Å²) < 4.78 is 4.86. The van der Waals surface area contributed by atoms with Gasteiger partial charge >= 0.3 is 5.97 Å². The summed E-state index contributed by atoms with van der Waals surface area (Å²) in [6, 6.07) is 9.34. The monoisotopic (exact) mass is 177 g/mol. The van der Waals surface area contributed by atoms with Crippen molar-refractivity contribution in [1.29, 1.82) is 0 Å². The number of carbonyl (C=O) groups excluding carboxylic acids is 1. The second-order valence-electron chi connectivity index (χ2n) is 3.22. The Labute approximate surface area is 76.5 Å². The lowest BCUT2D eigenvalue weighted by Crippen LogP contribution is -2.41. The first kappa shape index (κ1) is 8.26. The molecule has 1 aromatic rings. The van der Waals surface area contributed by atoms with E-state index >= 15 is 0 Å². The lowest BCUT2D eigenvalue weighted by molar-refractivity contribution is -0.142. The van der Waals surface area contributed by atoms with Crippen LogP contribution in [0.2, 0.25) is 0 Å². The summed E-state index contributed by atoms with van der Waals surface area (Å²) in [5.74, 6) is -0.321. The van der Waals surface area contributed by atoms with Crippen LogP contribution >= 0.6 is 0 Å². The van der Waals surface area contributed by atoms with Crippen molar-refractivity contribution >= 4 is 5.97 Å². The van der Waals surface area contributed by atoms with Crippen LogP contribution in [0.15, 0.2) is 30.3 Å². The summed E-state index contributed by atoms with van der Waals surface area (Å²) in [5, 5.41) is 0. The Bertz CT molecular complexity index is 323. The van der Waals surface area contributed by atoms with Gasteiger partial charge in [0.25, 0.3) is 0 Å². The Hall–Kier alpha value is -1.35. The van der Waals surface area contributed by atoms with Crippen LogP contribution in [-0.4, -0.2) is 12.6 Å². The molecule has 13 heavy (non-hydrogen) atoms. The Morgan fingerprint density at radius 2 is 2.00 bits per heavy atom. The lowest BCUT2D eigenvalue weighted by Gasteiger charge is -2.18. The van der Waals surface area contributed by atoms with Crippen molar-refractivity contribution in [3.8, 4) is 0 Å². The highest BCUT2D eigenvalue weighted by Gasteiger charge is 2.42. The van der Waals surface area contributed by atoms with Gasteiger partial charge in [-0.15, -0.1) is 0 Å². The minimum atomic E-state index is -0.915. The highest BCUT2D eigenvalue weighted by Crippen LogP contribution is 2.28. The van der Waals surface area contributed by atoms with Crippen LogP contribution in [0.1, 0.15) is 12.0 Å². The number of hydrogen-bond donors (Lipinski definition) is 1. The molecule has 1 aliphatic rings. The van der Waals surface area contributed by atoms with Crippen LogP contribution in [0.5, 0.6) is 0 Å². The lowest BCUT2D eigenvalue weighted by atomic mass is 9.90. The fraction of sp³-hybridized carbons (Fsp3) is 0.300. The van der Waals surface area contributed by atoms with Gasteiger partial charge in [0, 0.05) is 6.42 Å². The van der Waals surface area contributed by atoms with Gasteiger partial charge in [-0.05, 0) is 5.56 Å². The molecule has 0 amide bonds. The van der Waals surface area contributed by atoms with Crippen LogP contribution < -0.4 is 5.73 Å². The van der Waals surface area contributed by atoms with Crippen LogP contribution in [0.3, 0.4) is 0 Å². The van der Waals surface area contributed by atoms with E-state index in [9.17, 15) is 4.79 Å². The maximum absolute atomic E-state index is 11.3. The van der Waals surface area contributed by atoms with Gasteiger partial charge in [0.1, 0.15) is 5.54 Å². The van der Waals surface area contributed by atoms with E-state index in [1.54, 1.807) is 0 Å². The maximum atomic E-state index is 11.3. The van der Waals surface area contributed by atoms with E-state index in [2.05, 4.69) is 0 Å². The van der Waals surface area contributed by atoms with Crippen molar-refractivity contribution in [3.63, 3.8) is 0 Å². The zero-order chi connectivity index (χ0) is 9.31. The van der Waals surface area contributed by atoms with E-state index < -0.39 is 5.54 Å². The Balaban J connectivity index is 2.40. The molecular formula is C10H11NO2. The van der Waals surface area contributed by atoms with Gasteiger partial charge in [0.05, 0.1) is 6.61 Å². The third-order valence-electron chi connectivity index (χ3n) is 2.38. The largest absolute Gasteiger partial charge is 0.464 e. The van der Waals surface area contributed by atoms with E-state index in [0.29, 0.717) is 13.0 Å². The molecule has 3 nitrogen and oxygen atoms in total. The molecule has 3 heteroatoms. The van der Waals surface area contributed by atoms with Crippen molar-refractivity contribution in [1.82, 2.24) is 0 Å². The molecule has 1 unspecified atom stereocenters. The second-order valence-corrected chi connectivity index (χ2v) is 3.22. The number of esters is 1. The number of carbonyl (C=O) groups is 1. The molecule has 0 spiro atoms. The number of nitrogens with two attached hydrogens (primary N) is 1. The Morgan fingerprint density at radius 1 is 1.31 bits per heavy atom. The van der Waals surface area contributed by atoms with E-state index in [-0.39, 0.29) is 5.97 Å². The molecule has 0 radical (unpaired) electrons. The van der Waals surface area contributed by atoms with Crippen LogP contribution in [0, 0.1) is 0 Å². The summed E-state index contributed by atoms with van der Waals surface area (Å²) in [5.41, 5.74) is 5.86. The fourth-order valence-corrected chi connectivity index (χ4v) is 1.53. The summed E-state index contributed by atoms with van der Waals surface area (Å²) in [6.45, 7) is 0.421. The Morgan fingerprint density at radius 3 is 2.54 bits per heavy atom. The number of ether oxygens (including phenoxy) is 1. The number of benzene rings is 1. The van der Waals surface area contributed by atoms with E-state index in [4.69, 9.17) is 10.5 Å². The molecule has 1 saturated heterocycles. The molecule has 1 fully saturated rings. The molecule has 2 rings (SSSR count). The first-order valence-electron chi connectivity index (χ1n) is 4.25. The molecule has 1 heterocycles. The average Bonchev–Trinajstić information content (AvgIpc) is 2.50. The predicted octanol–water partition coefficient (Wildman–Crippen LogP) is 0.788. The molecule has 2 N–H and O–H groups in total. The van der Waals surface area contributed by atoms with Crippen LogP contribution in [-0.2, 0) is 15.1 Å². The first-order valence-corrected chi connectivity index (χ1v) is 4.25.